The number of halogens is 3. The second kappa shape index (κ2) is 5.44. The SMILES string of the molecule is CCN(CC1CCOC1)C(=O)C(C)(N)C(F)(F)F. The van der Waals surface area contributed by atoms with Crippen LogP contribution in [0.5, 0.6) is 0 Å². The van der Waals surface area contributed by atoms with Gasteiger partial charge in [-0.25, -0.2) is 0 Å². The van der Waals surface area contributed by atoms with Gasteiger partial charge in [0.15, 0.2) is 5.54 Å². The van der Waals surface area contributed by atoms with Gasteiger partial charge in [-0.2, -0.15) is 13.2 Å². The molecule has 1 aliphatic heterocycles. The average Bonchev–Trinajstić information content (AvgIpc) is 2.75. The molecule has 0 radical (unpaired) electrons. The predicted molar refractivity (Wildman–Crippen MR) is 59.8 cm³/mol. The molecule has 0 aromatic carbocycles. The van der Waals surface area contributed by atoms with E-state index in [1.165, 1.54) is 0 Å². The molecule has 18 heavy (non-hydrogen) atoms. The normalized spacial score (nSPS) is 23.8. The van der Waals surface area contributed by atoms with Crippen LogP contribution in [0, 0.1) is 5.92 Å². The fraction of sp³-hybridized carbons (Fsp3) is 0.909. The molecule has 0 aromatic heterocycles. The minimum atomic E-state index is -4.75. The summed E-state index contributed by atoms with van der Waals surface area (Å²) in [5.74, 6) is -0.984. The third-order valence-corrected chi connectivity index (χ3v) is 3.20. The van der Waals surface area contributed by atoms with Gasteiger partial charge in [0, 0.05) is 25.6 Å². The Balaban J connectivity index is 2.72. The lowest BCUT2D eigenvalue weighted by molar-refractivity contribution is -0.193. The van der Waals surface area contributed by atoms with Crippen LogP contribution in [0.4, 0.5) is 13.2 Å². The molecule has 2 unspecified atom stereocenters. The number of ether oxygens (including phenoxy) is 1. The number of amides is 1. The minimum Gasteiger partial charge on any atom is -0.381 e. The quantitative estimate of drug-likeness (QED) is 0.832. The van der Waals surface area contributed by atoms with Crippen LogP contribution in [-0.2, 0) is 9.53 Å². The first-order valence-corrected chi connectivity index (χ1v) is 5.93. The van der Waals surface area contributed by atoms with Gasteiger partial charge in [-0.05, 0) is 20.3 Å². The van der Waals surface area contributed by atoms with Crippen molar-refractivity contribution in [3.63, 3.8) is 0 Å². The average molecular weight is 268 g/mol. The van der Waals surface area contributed by atoms with Gasteiger partial charge in [0.05, 0.1) is 6.61 Å². The van der Waals surface area contributed by atoms with Gasteiger partial charge in [0.1, 0.15) is 0 Å². The Bertz CT molecular complexity index is 299. The van der Waals surface area contributed by atoms with Gasteiger partial charge in [0.2, 0.25) is 0 Å². The van der Waals surface area contributed by atoms with E-state index in [1.54, 1.807) is 6.92 Å². The molecule has 0 aliphatic carbocycles. The van der Waals surface area contributed by atoms with Crippen LogP contribution in [0.25, 0.3) is 0 Å². The topological polar surface area (TPSA) is 55.6 Å². The van der Waals surface area contributed by atoms with E-state index in [2.05, 4.69) is 0 Å². The summed E-state index contributed by atoms with van der Waals surface area (Å²) >= 11 is 0. The van der Waals surface area contributed by atoms with Gasteiger partial charge in [-0.1, -0.05) is 0 Å². The Morgan fingerprint density at radius 2 is 2.11 bits per heavy atom. The number of likely N-dealkylation sites (N-methyl/N-ethyl adjacent to an activating group) is 1. The second-order valence-corrected chi connectivity index (χ2v) is 4.77. The van der Waals surface area contributed by atoms with E-state index in [9.17, 15) is 18.0 Å². The van der Waals surface area contributed by atoms with Gasteiger partial charge < -0.3 is 15.4 Å². The molecule has 1 aliphatic rings. The van der Waals surface area contributed by atoms with E-state index in [-0.39, 0.29) is 19.0 Å². The van der Waals surface area contributed by atoms with E-state index in [4.69, 9.17) is 10.5 Å². The maximum absolute atomic E-state index is 12.7. The molecule has 7 heteroatoms. The summed E-state index contributed by atoms with van der Waals surface area (Å²) in [6.07, 6.45) is -3.99. The number of rotatable bonds is 4. The second-order valence-electron chi connectivity index (χ2n) is 4.77. The summed E-state index contributed by atoms with van der Waals surface area (Å²) in [7, 11) is 0. The van der Waals surface area contributed by atoms with E-state index >= 15 is 0 Å². The molecule has 1 fully saturated rings. The number of nitrogens with zero attached hydrogens (tertiary/aromatic N) is 1. The monoisotopic (exact) mass is 268 g/mol. The van der Waals surface area contributed by atoms with Crippen LogP contribution < -0.4 is 5.73 Å². The highest BCUT2D eigenvalue weighted by Gasteiger charge is 2.55. The van der Waals surface area contributed by atoms with Crippen LogP contribution >= 0.6 is 0 Å². The molecule has 1 heterocycles. The number of hydrogen-bond donors (Lipinski definition) is 1. The lowest BCUT2D eigenvalue weighted by Crippen LogP contribution is -2.62. The predicted octanol–water partition coefficient (Wildman–Crippen LogP) is 1.15. The fourth-order valence-corrected chi connectivity index (χ4v) is 1.84. The van der Waals surface area contributed by atoms with Crippen molar-refractivity contribution in [2.45, 2.75) is 32.0 Å². The van der Waals surface area contributed by atoms with Crippen molar-refractivity contribution in [1.29, 1.82) is 0 Å². The van der Waals surface area contributed by atoms with Crippen molar-refractivity contribution < 1.29 is 22.7 Å². The fourth-order valence-electron chi connectivity index (χ4n) is 1.84. The number of carbonyl (C=O) groups is 1. The maximum Gasteiger partial charge on any atom is 0.415 e. The summed E-state index contributed by atoms with van der Waals surface area (Å²) in [5, 5.41) is 0. The van der Waals surface area contributed by atoms with E-state index < -0.39 is 17.6 Å². The van der Waals surface area contributed by atoms with Crippen LogP contribution in [0.2, 0.25) is 0 Å². The van der Waals surface area contributed by atoms with Crippen molar-refractivity contribution >= 4 is 5.91 Å². The number of carbonyl (C=O) groups excluding carboxylic acids is 1. The van der Waals surface area contributed by atoms with Crippen LogP contribution in [0.3, 0.4) is 0 Å². The van der Waals surface area contributed by atoms with Crippen molar-refractivity contribution in [3.05, 3.63) is 0 Å². The molecule has 4 nitrogen and oxygen atoms in total. The summed E-state index contributed by atoms with van der Waals surface area (Å²) in [5.41, 5.74) is 2.31. The molecule has 0 bridgehead atoms. The first-order chi connectivity index (χ1) is 8.20. The highest BCUT2D eigenvalue weighted by atomic mass is 19.4. The Hall–Kier alpha value is -0.820. The van der Waals surface area contributed by atoms with Crippen molar-refractivity contribution in [2.24, 2.45) is 11.7 Å². The van der Waals surface area contributed by atoms with E-state index in [0.29, 0.717) is 20.1 Å². The number of alkyl halides is 3. The van der Waals surface area contributed by atoms with Crippen LogP contribution in [0.15, 0.2) is 0 Å². The van der Waals surface area contributed by atoms with Crippen LogP contribution in [0.1, 0.15) is 20.3 Å². The van der Waals surface area contributed by atoms with Crippen molar-refractivity contribution in [1.82, 2.24) is 4.90 Å². The molecular formula is C11H19F3N2O2. The highest BCUT2D eigenvalue weighted by Crippen LogP contribution is 2.30. The van der Waals surface area contributed by atoms with Gasteiger partial charge in [-0.3, -0.25) is 4.79 Å². The van der Waals surface area contributed by atoms with E-state index in [1.807, 2.05) is 0 Å². The van der Waals surface area contributed by atoms with Crippen molar-refractivity contribution in [2.75, 3.05) is 26.3 Å². The van der Waals surface area contributed by atoms with E-state index in [0.717, 1.165) is 11.3 Å². The van der Waals surface area contributed by atoms with Gasteiger partial charge >= 0.3 is 6.18 Å². The summed E-state index contributed by atoms with van der Waals surface area (Å²) in [4.78, 5) is 13.0. The Morgan fingerprint density at radius 3 is 2.50 bits per heavy atom. The molecule has 1 rings (SSSR count). The smallest absolute Gasteiger partial charge is 0.381 e. The summed E-state index contributed by atoms with van der Waals surface area (Å²) in [6, 6.07) is 0. The molecule has 0 spiro atoms. The Labute approximate surface area is 104 Å². The van der Waals surface area contributed by atoms with Crippen molar-refractivity contribution in [3.8, 4) is 0 Å². The zero-order valence-electron chi connectivity index (χ0n) is 10.6. The Morgan fingerprint density at radius 1 is 1.50 bits per heavy atom. The standard InChI is InChI=1S/C11H19F3N2O2/c1-3-16(6-8-4-5-18-7-8)9(17)10(2,15)11(12,13)14/h8H,3-7,15H2,1-2H3. The highest BCUT2D eigenvalue weighted by molar-refractivity contribution is 5.86. The third-order valence-electron chi connectivity index (χ3n) is 3.20. The molecule has 2 N–H and O–H groups in total. The first-order valence-electron chi connectivity index (χ1n) is 5.93. The molecule has 1 saturated heterocycles. The molecule has 0 aromatic rings. The minimum absolute atomic E-state index is 0.0953. The lowest BCUT2D eigenvalue weighted by atomic mass is 10.00. The Kier molecular flexibility index (Phi) is 4.61. The lowest BCUT2D eigenvalue weighted by Gasteiger charge is -2.33. The third kappa shape index (κ3) is 3.14. The molecule has 0 saturated carbocycles. The number of nitrogens with two attached hydrogens (primary N) is 1. The summed E-state index contributed by atoms with van der Waals surface area (Å²) in [6.45, 7) is 3.90. The zero-order chi connectivity index (χ0) is 14.0. The molecule has 2 atom stereocenters. The van der Waals surface area contributed by atoms with Crippen LogP contribution in [-0.4, -0.2) is 48.8 Å². The molecular weight excluding hydrogens is 249 g/mol. The van der Waals surface area contributed by atoms with Gasteiger partial charge in [-0.15, -0.1) is 0 Å². The zero-order valence-corrected chi connectivity index (χ0v) is 10.6. The number of hydrogen-bond acceptors (Lipinski definition) is 3. The first kappa shape index (κ1) is 15.2. The molecule has 106 valence electrons. The summed E-state index contributed by atoms with van der Waals surface area (Å²) < 4.78 is 43.2. The maximum atomic E-state index is 12.7. The largest absolute Gasteiger partial charge is 0.415 e. The van der Waals surface area contributed by atoms with Gasteiger partial charge in [0.25, 0.3) is 5.91 Å². The molecule has 1 amide bonds.